The van der Waals surface area contributed by atoms with Crippen LogP contribution in [-0.4, -0.2) is 45.4 Å². The van der Waals surface area contributed by atoms with Crippen molar-refractivity contribution in [2.24, 2.45) is 0 Å². The zero-order valence-electron chi connectivity index (χ0n) is 14.4. The number of nitrogens with zero attached hydrogens (tertiary/aromatic N) is 1. The minimum absolute atomic E-state index is 0. The number of piperazine rings is 1. The first-order valence-electron chi connectivity index (χ1n) is 8.16. The van der Waals surface area contributed by atoms with E-state index in [1.165, 1.54) is 12.1 Å². The monoisotopic (exact) mass is 395 g/mol. The van der Waals surface area contributed by atoms with Crippen LogP contribution in [0.5, 0.6) is 0 Å². The predicted molar refractivity (Wildman–Crippen MR) is 104 cm³/mol. The van der Waals surface area contributed by atoms with Crippen molar-refractivity contribution in [2.75, 3.05) is 30.9 Å². The van der Waals surface area contributed by atoms with E-state index in [1.807, 2.05) is 19.1 Å². The van der Waals surface area contributed by atoms with E-state index in [0.717, 1.165) is 18.7 Å². The van der Waals surface area contributed by atoms with Crippen molar-refractivity contribution in [3.8, 4) is 0 Å². The highest BCUT2D eigenvalue weighted by atomic mass is 35.5. The van der Waals surface area contributed by atoms with Crippen molar-refractivity contribution in [2.45, 2.75) is 11.8 Å². The summed E-state index contributed by atoms with van der Waals surface area (Å²) >= 11 is 0. The van der Waals surface area contributed by atoms with Crippen LogP contribution in [0, 0.1) is 6.92 Å². The maximum atomic E-state index is 12.5. The average Bonchev–Trinajstić information content (AvgIpc) is 2.64. The van der Waals surface area contributed by atoms with Crippen LogP contribution in [0.3, 0.4) is 0 Å². The van der Waals surface area contributed by atoms with Crippen LogP contribution < -0.4 is 10.0 Å². The summed E-state index contributed by atoms with van der Waals surface area (Å²) in [5.74, 6) is -0.0719. The molecule has 8 heteroatoms. The molecule has 0 saturated carbocycles. The minimum Gasteiger partial charge on any atom is -0.336 e. The molecule has 26 heavy (non-hydrogen) atoms. The van der Waals surface area contributed by atoms with Gasteiger partial charge in [0, 0.05) is 31.7 Å². The van der Waals surface area contributed by atoms with E-state index < -0.39 is 10.0 Å². The second-order valence-corrected chi connectivity index (χ2v) is 7.67. The van der Waals surface area contributed by atoms with Crippen LogP contribution in [0.2, 0.25) is 0 Å². The van der Waals surface area contributed by atoms with E-state index in [9.17, 15) is 13.2 Å². The molecular formula is C18H22ClN3O3S. The second-order valence-electron chi connectivity index (χ2n) is 5.99. The predicted octanol–water partition coefficient (Wildman–Crippen LogP) is 2.26. The van der Waals surface area contributed by atoms with E-state index >= 15 is 0 Å². The van der Waals surface area contributed by atoms with Crippen LogP contribution in [0.25, 0.3) is 0 Å². The van der Waals surface area contributed by atoms with E-state index in [2.05, 4.69) is 10.0 Å². The number of sulfonamides is 1. The first-order chi connectivity index (χ1) is 12.0. The molecule has 1 heterocycles. The highest BCUT2D eigenvalue weighted by molar-refractivity contribution is 7.92. The summed E-state index contributed by atoms with van der Waals surface area (Å²) in [4.78, 5) is 14.3. The maximum Gasteiger partial charge on any atom is 0.261 e. The van der Waals surface area contributed by atoms with Crippen LogP contribution in [0.15, 0.2) is 53.4 Å². The molecule has 1 saturated heterocycles. The Kier molecular flexibility index (Phi) is 6.63. The molecule has 1 aliphatic heterocycles. The van der Waals surface area contributed by atoms with Crippen molar-refractivity contribution in [3.63, 3.8) is 0 Å². The van der Waals surface area contributed by atoms with Gasteiger partial charge in [0.15, 0.2) is 0 Å². The third-order valence-corrected chi connectivity index (χ3v) is 5.59. The number of benzene rings is 2. The molecule has 3 rings (SSSR count). The molecule has 0 spiro atoms. The lowest BCUT2D eigenvalue weighted by Crippen LogP contribution is -2.46. The van der Waals surface area contributed by atoms with Gasteiger partial charge in [-0.25, -0.2) is 8.42 Å². The van der Waals surface area contributed by atoms with Gasteiger partial charge in [-0.3, -0.25) is 9.52 Å². The van der Waals surface area contributed by atoms with Crippen molar-refractivity contribution in [1.82, 2.24) is 10.2 Å². The molecule has 0 radical (unpaired) electrons. The number of rotatable bonds is 4. The van der Waals surface area contributed by atoms with Crippen LogP contribution in [-0.2, 0) is 10.0 Å². The third kappa shape index (κ3) is 4.55. The van der Waals surface area contributed by atoms with Crippen molar-refractivity contribution in [3.05, 3.63) is 59.7 Å². The van der Waals surface area contributed by atoms with Crippen molar-refractivity contribution >= 4 is 34.0 Å². The zero-order chi connectivity index (χ0) is 17.9. The van der Waals surface area contributed by atoms with Gasteiger partial charge in [0.2, 0.25) is 0 Å². The first kappa shape index (κ1) is 20.2. The number of aryl methyl sites for hydroxylation is 1. The maximum absolute atomic E-state index is 12.5. The quantitative estimate of drug-likeness (QED) is 0.832. The largest absolute Gasteiger partial charge is 0.336 e. The summed E-state index contributed by atoms with van der Waals surface area (Å²) in [6.45, 7) is 4.71. The molecule has 1 aliphatic rings. The number of para-hydroxylation sites is 1. The van der Waals surface area contributed by atoms with Gasteiger partial charge in [-0.2, -0.15) is 0 Å². The Balaban J connectivity index is 0.00000243. The summed E-state index contributed by atoms with van der Waals surface area (Å²) in [6, 6.07) is 13.3. The molecule has 2 N–H and O–H groups in total. The molecule has 2 aromatic carbocycles. The molecule has 0 atom stereocenters. The Morgan fingerprint density at radius 1 is 1.04 bits per heavy atom. The number of hydrogen-bond donors (Lipinski definition) is 2. The van der Waals surface area contributed by atoms with Crippen molar-refractivity contribution < 1.29 is 13.2 Å². The molecule has 140 valence electrons. The number of hydrogen-bond acceptors (Lipinski definition) is 4. The third-order valence-electron chi connectivity index (χ3n) is 4.21. The fourth-order valence-electron chi connectivity index (χ4n) is 2.72. The van der Waals surface area contributed by atoms with Crippen LogP contribution in [0.4, 0.5) is 5.69 Å². The Morgan fingerprint density at radius 2 is 1.65 bits per heavy atom. The standard InChI is InChI=1S/C18H21N3O3S.ClH/c1-14-4-2-3-5-17(14)20-25(23,24)16-8-6-15(7-9-16)18(22)21-12-10-19-11-13-21;/h2-9,19-20H,10-13H2,1H3;1H. The van der Waals surface area contributed by atoms with Gasteiger partial charge >= 0.3 is 0 Å². The molecule has 0 unspecified atom stereocenters. The summed E-state index contributed by atoms with van der Waals surface area (Å²) < 4.78 is 27.6. The Morgan fingerprint density at radius 3 is 2.27 bits per heavy atom. The summed E-state index contributed by atoms with van der Waals surface area (Å²) in [7, 11) is -3.69. The highest BCUT2D eigenvalue weighted by Crippen LogP contribution is 2.20. The molecule has 1 fully saturated rings. The highest BCUT2D eigenvalue weighted by Gasteiger charge is 2.20. The number of amides is 1. The Hall–Kier alpha value is -2.09. The number of nitrogens with one attached hydrogen (secondary N) is 2. The normalized spacial score (nSPS) is 14.4. The van der Waals surface area contributed by atoms with E-state index in [0.29, 0.717) is 24.3 Å². The lowest BCUT2D eigenvalue weighted by Gasteiger charge is -2.27. The zero-order valence-corrected chi connectivity index (χ0v) is 16.1. The first-order valence-corrected chi connectivity index (χ1v) is 9.64. The molecule has 2 aromatic rings. The molecule has 1 amide bonds. The van der Waals surface area contributed by atoms with Crippen LogP contribution >= 0.6 is 12.4 Å². The van der Waals surface area contributed by atoms with Gasteiger partial charge in [0.1, 0.15) is 0 Å². The number of carbonyl (C=O) groups is 1. The second kappa shape index (κ2) is 8.53. The minimum atomic E-state index is -3.69. The summed E-state index contributed by atoms with van der Waals surface area (Å²) in [6.07, 6.45) is 0. The van der Waals surface area contributed by atoms with Crippen molar-refractivity contribution in [1.29, 1.82) is 0 Å². The van der Waals surface area contributed by atoms with E-state index in [4.69, 9.17) is 0 Å². The van der Waals surface area contributed by atoms with Gasteiger partial charge in [0.25, 0.3) is 15.9 Å². The summed E-state index contributed by atoms with van der Waals surface area (Å²) in [5, 5.41) is 3.20. The smallest absolute Gasteiger partial charge is 0.261 e. The topological polar surface area (TPSA) is 78.5 Å². The van der Waals surface area contributed by atoms with Gasteiger partial charge in [0.05, 0.1) is 10.6 Å². The van der Waals surface area contributed by atoms with E-state index in [-0.39, 0.29) is 23.2 Å². The molecule has 0 aromatic heterocycles. The SMILES string of the molecule is Cc1ccccc1NS(=O)(=O)c1ccc(C(=O)N2CCNCC2)cc1.Cl. The van der Waals surface area contributed by atoms with Gasteiger partial charge in [-0.05, 0) is 42.8 Å². The average molecular weight is 396 g/mol. The van der Waals surface area contributed by atoms with E-state index in [1.54, 1.807) is 29.2 Å². The fourth-order valence-corrected chi connectivity index (χ4v) is 3.85. The number of anilines is 1. The van der Waals surface area contributed by atoms with Crippen LogP contribution in [0.1, 0.15) is 15.9 Å². The molecular weight excluding hydrogens is 374 g/mol. The number of carbonyl (C=O) groups excluding carboxylic acids is 1. The number of halogens is 1. The molecule has 0 aliphatic carbocycles. The molecule has 6 nitrogen and oxygen atoms in total. The Labute approximate surface area is 160 Å². The van der Waals surface area contributed by atoms with Gasteiger partial charge < -0.3 is 10.2 Å². The van der Waals surface area contributed by atoms with Gasteiger partial charge in [-0.1, -0.05) is 18.2 Å². The molecule has 0 bridgehead atoms. The summed E-state index contributed by atoms with van der Waals surface area (Å²) in [5.41, 5.74) is 1.89. The van der Waals surface area contributed by atoms with Gasteiger partial charge in [-0.15, -0.1) is 12.4 Å². The Bertz CT molecular complexity index is 864. The lowest BCUT2D eigenvalue weighted by molar-refractivity contribution is 0.0735. The fraction of sp³-hybridized carbons (Fsp3) is 0.278. The lowest BCUT2D eigenvalue weighted by atomic mass is 10.2.